The molecule has 0 saturated heterocycles. The zero-order valence-corrected chi connectivity index (χ0v) is 20.7. The van der Waals surface area contributed by atoms with E-state index < -0.39 is 23.5 Å². The molecule has 0 aliphatic heterocycles. The van der Waals surface area contributed by atoms with Gasteiger partial charge in [0.25, 0.3) is 0 Å². The number of ether oxygens (including phenoxy) is 1. The smallest absolute Gasteiger partial charge is 0.407 e. The van der Waals surface area contributed by atoms with Gasteiger partial charge in [-0.15, -0.1) is 0 Å². The van der Waals surface area contributed by atoms with E-state index in [2.05, 4.69) is 34.9 Å². The van der Waals surface area contributed by atoms with Crippen LogP contribution < -0.4 is 10.6 Å². The van der Waals surface area contributed by atoms with Crippen LogP contribution in [0.3, 0.4) is 0 Å². The van der Waals surface area contributed by atoms with E-state index in [-0.39, 0.29) is 36.3 Å². The monoisotopic (exact) mass is 478 g/mol. The molecule has 7 nitrogen and oxygen atoms in total. The number of carboxylic acid groups (broad SMARTS) is 1. The number of amides is 2. The standard InChI is InChI=1S/C28H34N2O5/c1-16-24(14-13-23(28(16,3)4)25(31)29-17(2)26(32)33)30-27(34)35-15-22-20-11-7-5-9-18(20)19-10-6-8-12-21(19)22/h5-12,16-17,22-24H,13-15H2,1-4H3,(H,29,31)(H,30,34)(H,32,33)/t16?,17-,23?,24?/m0/s1. The van der Waals surface area contributed by atoms with Gasteiger partial charge in [-0.3, -0.25) is 9.59 Å². The highest BCUT2D eigenvalue weighted by Gasteiger charge is 2.47. The molecule has 4 atom stereocenters. The van der Waals surface area contributed by atoms with E-state index in [1.54, 1.807) is 0 Å². The fourth-order valence-corrected chi connectivity index (χ4v) is 5.64. The molecule has 35 heavy (non-hydrogen) atoms. The van der Waals surface area contributed by atoms with Crippen LogP contribution in [-0.2, 0) is 14.3 Å². The third-order valence-electron chi connectivity index (χ3n) is 8.13. The summed E-state index contributed by atoms with van der Waals surface area (Å²) in [6.45, 7) is 7.73. The molecule has 0 spiro atoms. The van der Waals surface area contributed by atoms with Crippen molar-refractivity contribution in [3.63, 3.8) is 0 Å². The normalized spacial score (nSPS) is 23.5. The lowest BCUT2D eigenvalue weighted by Crippen LogP contribution is -2.55. The van der Waals surface area contributed by atoms with Crippen LogP contribution in [0.4, 0.5) is 4.79 Å². The second kappa shape index (κ2) is 9.72. The summed E-state index contributed by atoms with van der Waals surface area (Å²) in [5.41, 5.74) is 4.26. The molecule has 2 aliphatic rings. The van der Waals surface area contributed by atoms with Gasteiger partial charge in [0.2, 0.25) is 5.91 Å². The van der Waals surface area contributed by atoms with E-state index in [0.717, 1.165) is 11.1 Å². The molecule has 1 saturated carbocycles. The van der Waals surface area contributed by atoms with Crippen molar-refractivity contribution in [1.29, 1.82) is 0 Å². The average Bonchev–Trinajstić information content (AvgIpc) is 3.14. The Morgan fingerprint density at radius 3 is 2.17 bits per heavy atom. The van der Waals surface area contributed by atoms with Crippen LogP contribution in [0.2, 0.25) is 0 Å². The Morgan fingerprint density at radius 1 is 1.03 bits per heavy atom. The number of hydrogen-bond donors (Lipinski definition) is 3. The molecule has 3 N–H and O–H groups in total. The summed E-state index contributed by atoms with van der Waals surface area (Å²) in [6.07, 6.45) is 0.722. The summed E-state index contributed by atoms with van der Waals surface area (Å²) in [7, 11) is 0. The van der Waals surface area contributed by atoms with Crippen LogP contribution in [-0.4, -0.2) is 41.8 Å². The topological polar surface area (TPSA) is 105 Å². The summed E-state index contributed by atoms with van der Waals surface area (Å²) in [4.78, 5) is 36.7. The van der Waals surface area contributed by atoms with Crippen molar-refractivity contribution in [1.82, 2.24) is 10.6 Å². The largest absolute Gasteiger partial charge is 0.480 e. The first-order valence-corrected chi connectivity index (χ1v) is 12.3. The van der Waals surface area contributed by atoms with Gasteiger partial charge in [0.15, 0.2) is 0 Å². The van der Waals surface area contributed by atoms with Gasteiger partial charge in [-0.1, -0.05) is 69.3 Å². The minimum atomic E-state index is -1.06. The van der Waals surface area contributed by atoms with Crippen molar-refractivity contribution >= 4 is 18.0 Å². The molecule has 0 bridgehead atoms. The van der Waals surface area contributed by atoms with E-state index in [9.17, 15) is 14.4 Å². The Balaban J connectivity index is 1.37. The zero-order chi connectivity index (χ0) is 25.3. The minimum Gasteiger partial charge on any atom is -0.480 e. The zero-order valence-electron chi connectivity index (χ0n) is 20.7. The molecule has 0 aromatic heterocycles. The number of alkyl carbamates (subject to hydrolysis) is 1. The van der Waals surface area contributed by atoms with Crippen molar-refractivity contribution < 1.29 is 24.2 Å². The van der Waals surface area contributed by atoms with Crippen LogP contribution in [0.15, 0.2) is 48.5 Å². The SMILES string of the molecule is CC1C(NC(=O)OCC2c3ccccc3-c3ccccc32)CCC(C(=O)N[C@@H](C)C(=O)O)C1(C)C. The van der Waals surface area contributed by atoms with Gasteiger partial charge in [0.1, 0.15) is 12.6 Å². The summed E-state index contributed by atoms with van der Waals surface area (Å²) in [5, 5.41) is 14.7. The molecule has 2 aromatic carbocycles. The van der Waals surface area contributed by atoms with Crippen molar-refractivity contribution in [3.05, 3.63) is 59.7 Å². The van der Waals surface area contributed by atoms with E-state index in [1.165, 1.54) is 18.1 Å². The maximum absolute atomic E-state index is 12.8. The number of carbonyl (C=O) groups is 3. The Morgan fingerprint density at radius 2 is 1.60 bits per heavy atom. The molecule has 2 amide bonds. The second-order valence-corrected chi connectivity index (χ2v) is 10.4. The fourth-order valence-electron chi connectivity index (χ4n) is 5.64. The van der Waals surface area contributed by atoms with Gasteiger partial charge in [-0.25, -0.2) is 4.79 Å². The lowest BCUT2D eigenvalue weighted by Gasteiger charge is -2.47. The van der Waals surface area contributed by atoms with Gasteiger partial charge < -0.3 is 20.5 Å². The number of carbonyl (C=O) groups excluding carboxylic acids is 2. The van der Waals surface area contributed by atoms with Crippen LogP contribution >= 0.6 is 0 Å². The van der Waals surface area contributed by atoms with Gasteiger partial charge in [-0.2, -0.15) is 0 Å². The first-order chi connectivity index (χ1) is 16.6. The molecule has 3 unspecified atom stereocenters. The molecular weight excluding hydrogens is 444 g/mol. The number of hydrogen-bond acceptors (Lipinski definition) is 4. The fraction of sp³-hybridized carbons (Fsp3) is 0.464. The molecule has 0 heterocycles. The Hall–Kier alpha value is -3.35. The van der Waals surface area contributed by atoms with Crippen molar-refractivity contribution in [2.24, 2.45) is 17.3 Å². The quantitative estimate of drug-likeness (QED) is 0.565. The lowest BCUT2D eigenvalue weighted by atomic mass is 9.60. The number of fused-ring (bicyclic) bond motifs is 3. The van der Waals surface area contributed by atoms with Crippen LogP contribution in [0.5, 0.6) is 0 Å². The Bertz CT molecular complexity index is 1080. The molecule has 1 fully saturated rings. The first-order valence-electron chi connectivity index (χ1n) is 12.3. The lowest BCUT2D eigenvalue weighted by molar-refractivity contribution is -0.144. The maximum Gasteiger partial charge on any atom is 0.407 e. The van der Waals surface area contributed by atoms with E-state index in [0.29, 0.717) is 12.8 Å². The first kappa shape index (κ1) is 24.8. The molecule has 4 rings (SSSR count). The molecular formula is C28H34N2O5. The maximum atomic E-state index is 12.8. The molecule has 2 aromatic rings. The van der Waals surface area contributed by atoms with E-state index >= 15 is 0 Å². The Labute approximate surface area is 206 Å². The van der Waals surface area contributed by atoms with Crippen molar-refractivity contribution in [3.8, 4) is 11.1 Å². The highest BCUT2D eigenvalue weighted by Crippen LogP contribution is 2.46. The van der Waals surface area contributed by atoms with Crippen LogP contribution in [0, 0.1) is 17.3 Å². The number of nitrogens with one attached hydrogen (secondary N) is 2. The third kappa shape index (κ3) is 4.77. The van der Waals surface area contributed by atoms with Crippen molar-refractivity contribution in [2.45, 2.75) is 58.5 Å². The molecule has 186 valence electrons. The number of benzene rings is 2. The summed E-state index contributed by atoms with van der Waals surface area (Å²) in [6, 6.07) is 15.4. The average molecular weight is 479 g/mol. The summed E-state index contributed by atoms with van der Waals surface area (Å²) >= 11 is 0. The summed E-state index contributed by atoms with van der Waals surface area (Å²) < 4.78 is 5.72. The van der Waals surface area contributed by atoms with Crippen molar-refractivity contribution in [2.75, 3.05) is 6.61 Å². The van der Waals surface area contributed by atoms with Gasteiger partial charge in [0.05, 0.1) is 0 Å². The highest BCUT2D eigenvalue weighted by molar-refractivity contribution is 5.85. The molecule has 0 radical (unpaired) electrons. The van der Waals surface area contributed by atoms with Crippen LogP contribution in [0.1, 0.15) is 57.6 Å². The van der Waals surface area contributed by atoms with Gasteiger partial charge in [0, 0.05) is 17.9 Å². The number of carboxylic acids is 1. The van der Waals surface area contributed by atoms with Crippen LogP contribution in [0.25, 0.3) is 11.1 Å². The third-order valence-corrected chi connectivity index (χ3v) is 8.13. The summed E-state index contributed by atoms with van der Waals surface area (Å²) in [5.74, 6) is -1.66. The number of rotatable bonds is 6. The minimum absolute atomic E-state index is 0.00216. The predicted octanol–water partition coefficient (Wildman–Crippen LogP) is 4.56. The second-order valence-electron chi connectivity index (χ2n) is 10.4. The predicted molar refractivity (Wildman–Crippen MR) is 133 cm³/mol. The van der Waals surface area contributed by atoms with Gasteiger partial charge in [-0.05, 0) is 53.4 Å². The van der Waals surface area contributed by atoms with E-state index in [1.807, 2.05) is 45.0 Å². The van der Waals surface area contributed by atoms with E-state index in [4.69, 9.17) is 9.84 Å². The van der Waals surface area contributed by atoms with Gasteiger partial charge >= 0.3 is 12.1 Å². The Kier molecular flexibility index (Phi) is 6.88. The molecule has 2 aliphatic carbocycles. The number of aliphatic carboxylic acids is 1. The highest BCUT2D eigenvalue weighted by atomic mass is 16.5. The molecule has 7 heteroatoms.